The van der Waals surface area contributed by atoms with Crippen molar-refractivity contribution in [2.24, 2.45) is 0 Å². The monoisotopic (exact) mass is 359 g/mol. The first-order valence-electron chi connectivity index (χ1n) is 8.94. The number of halogens is 1. The summed E-state index contributed by atoms with van der Waals surface area (Å²) in [5.41, 5.74) is 2.20. The van der Waals surface area contributed by atoms with Crippen molar-refractivity contribution >= 4 is 23.2 Å². The predicted molar refractivity (Wildman–Crippen MR) is 105 cm³/mol. The van der Waals surface area contributed by atoms with Crippen molar-refractivity contribution in [2.75, 3.05) is 11.4 Å². The van der Waals surface area contributed by atoms with Crippen LogP contribution in [-0.2, 0) is 4.79 Å². The summed E-state index contributed by atoms with van der Waals surface area (Å²) in [5.74, 6) is 2.03. The van der Waals surface area contributed by atoms with Crippen LogP contribution in [0, 0.1) is 0 Å². The molecule has 0 saturated heterocycles. The normalized spacial score (nSPS) is 15.7. The van der Waals surface area contributed by atoms with Gasteiger partial charge in [0.25, 0.3) is 0 Å². The summed E-state index contributed by atoms with van der Waals surface area (Å²) in [6, 6.07) is 13.3. The largest absolute Gasteiger partial charge is 0.457 e. The first-order valence-corrected chi connectivity index (χ1v) is 9.31. The molecule has 134 valence electrons. The van der Waals surface area contributed by atoms with Crippen LogP contribution in [0.15, 0.2) is 42.5 Å². The third-order valence-corrected chi connectivity index (χ3v) is 4.57. The fourth-order valence-electron chi connectivity index (χ4n) is 3.15. The van der Waals surface area contributed by atoms with E-state index in [1.54, 1.807) is 13.0 Å². The number of anilines is 1. The molecular formula is C21H26ClNO2. The summed E-state index contributed by atoms with van der Waals surface area (Å²) in [4.78, 5) is 13.7. The van der Waals surface area contributed by atoms with E-state index >= 15 is 0 Å². The van der Waals surface area contributed by atoms with Crippen molar-refractivity contribution in [2.45, 2.75) is 46.5 Å². The van der Waals surface area contributed by atoms with Crippen LogP contribution in [0.25, 0.3) is 0 Å². The predicted octanol–water partition coefficient (Wildman–Crippen LogP) is 6.41. The van der Waals surface area contributed by atoms with Crippen LogP contribution in [-0.4, -0.2) is 12.5 Å². The lowest BCUT2D eigenvalue weighted by atomic mass is 9.88. The standard InChI is InChI=1S/C19H20ClNO2.C2H6/c1-3-14-9-10-21(13(2)22)19-8-7-17(12-18(14)19)23-16-6-4-5-15(20)11-16;1-2/h4-8,11-12,14H,3,9-10H2,1-2H3;1-2H3. The summed E-state index contributed by atoms with van der Waals surface area (Å²) < 4.78 is 5.93. The van der Waals surface area contributed by atoms with E-state index in [0.29, 0.717) is 16.7 Å². The van der Waals surface area contributed by atoms with Crippen LogP contribution in [0.3, 0.4) is 0 Å². The van der Waals surface area contributed by atoms with Crippen LogP contribution < -0.4 is 9.64 Å². The number of carbonyl (C=O) groups excluding carboxylic acids is 1. The molecule has 0 fully saturated rings. The number of benzene rings is 2. The SMILES string of the molecule is CC.CCC1CCN(C(C)=O)c2ccc(Oc3cccc(Cl)c3)cc21. The smallest absolute Gasteiger partial charge is 0.223 e. The third-order valence-electron chi connectivity index (χ3n) is 4.34. The van der Waals surface area contributed by atoms with Gasteiger partial charge < -0.3 is 9.64 Å². The molecule has 2 aromatic carbocycles. The van der Waals surface area contributed by atoms with Crippen molar-refractivity contribution in [3.63, 3.8) is 0 Å². The van der Waals surface area contributed by atoms with Crippen LogP contribution in [0.4, 0.5) is 5.69 Å². The Morgan fingerprint density at radius 1 is 1.20 bits per heavy atom. The fourth-order valence-corrected chi connectivity index (χ4v) is 3.33. The zero-order valence-corrected chi connectivity index (χ0v) is 16.1. The Bertz CT molecular complexity index is 730. The molecule has 0 aliphatic carbocycles. The lowest BCUT2D eigenvalue weighted by molar-refractivity contribution is -0.116. The van der Waals surface area contributed by atoms with E-state index in [0.717, 1.165) is 30.8 Å². The highest BCUT2D eigenvalue weighted by Gasteiger charge is 2.26. The molecule has 0 saturated carbocycles. The second-order valence-corrected chi connectivity index (χ2v) is 6.28. The van der Waals surface area contributed by atoms with E-state index in [2.05, 4.69) is 13.0 Å². The number of amides is 1. The lowest BCUT2D eigenvalue weighted by Gasteiger charge is -2.33. The van der Waals surface area contributed by atoms with E-state index in [1.165, 1.54) is 5.56 Å². The average Bonchev–Trinajstić information content (AvgIpc) is 2.62. The second-order valence-electron chi connectivity index (χ2n) is 5.84. The van der Waals surface area contributed by atoms with Crippen molar-refractivity contribution in [1.29, 1.82) is 0 Å². The van der Waals surface area contributed by atoms with Gasteiger partial charge in [0.2, 0.25) is 5.91 Å². The molecule has 25 heavy (non-hydrogen) atoms. The van der Waals surface area contributed by atoms with Gasteiger partial charge in [-0.1, -0.05) is 38.4 Å². The van der Waals surface area contributed by atoms with E-state index in [4.69, 9.17) is 16.3 Å². The molecule has 1 atom stereocenters. The molecular weight excluding hydrogens is 334 g/mol. The van der Waals surface area contributed by atoms with E-state index in [9.17, 15) is 4.79 Å². The Labute approximate surface area is 155 Å². The third kappa shape index (κ3) is 4.55. The average molecular weight is 360 g/mol. The van der Waals surface area contributed by atoms with E-state index in [1.807, 2.05) is 49.1 Å². The molecule has 1 aliphatic heterocycles. The minimum atomic E-state index is 0.0873. The lowest BCUT2D eigenvalue weighted by Crippen LogP contribution is -2.34. The van der Waals surface area contributed by atoms with E-state index < -0.39 is 0 Å². The topological polar surface area (TPSA) is 29.5 Å². The highest BCUT2D eigenvalue weighted by atomic mass is 35.5. The van der Waals surface area contributed by atoms with Gasteiger partial charge in [0.1, 0.15) is 11.5 Å². The van der Waals surface area contributed by atoms with Gasteiger partial charge in [0.05, 0.1) is 0 Å². The molecule has 3 rings (SSSR count). The molecule has 0 N–H and O–H groups in total. The van der Waals surface area contributed by atoms with Crippen molar-refractivity contribution < 1.29 is 9.53 Å². The minimum Gasteiger partial charge on any atom is -0.457 e. The zero-order chi connectivity index (χ0) is 18.4. The molecule has 0 radical (unpaired) electrons. The summed E-state index contributed by atoms with van der Waals surface area (Å²) in [7, 11) is 0. The molecule has 0 aromatic heterocycles. The quantitative estimate of drug-likeness (QED) is 0.633. The van der Waals surface area contributed by atoms with Crippen LogP contribution in [0.2, 0.25) is 5.02 Å². The van der Waals surface area contributed by atoms with E-state index in [-0.39, 0.29) is 5.91 Å². The maximum atomic E-state index is 11.8. The fraction of sp³-hybridized carbons (Fsp3) is 0.381. The number of rotatable bonds is 3. The minimum absolute atomic E-state index is 0.0873. The Balaban J connectivity index is 0.00000109. The first-order chi connectivity index (χ1) is 12.1. The first kappa shape index (κ1) is 19.3. The number of carbonyl (C=O) groups is 1. The highest BCUT2D eigenvalue weighted by molar-refractivity contribution is 6.30. The van der Waals surface area contributed by atoms with Crippen LogP contribution >= 0.6 is 11.6 Å². The van der Waals surface area contributed by atoms with Gasteiger partial charge in [-0.05, 0) is 60.7 Å². The van der Waals surface area contributed by atoms with Gasteiger partial charge in [-0.25, -0.2) is 0 Å². The zero-order valence-electron chi connectivity index (χ0n) is 15.4. The summed E-state index contributed by atoms with van der Waals surface area (Å²) >= 11 is 6.00. The maximum absolute atomic E-state index is 11.8. The molecule has 1 amide bonds. The van der Waals surface area contributed by atoms with Gasteiger partial charge in [-0.2, -0.15) is 0 Å². The second kappa shape index (κ2) is 8.91. The summed E-state index contributed by atoms with van der Waals surface area (Å²) in [5, 5.41) is 0.648. The number of hydrogen-bond donors (Lipinski definition) is 0. The molecule has 3 nitrogen and oxygen atoms in total. The Morgan fingerprint density at radius 2 is 1.92 bits per heavy atom. The molecule has 2 aromatic rings. The molecule has 1 aliphatic rings. The number of fused-ring (bicyclic) bond motifs is 1. The van der Waals surface area contributed by atoms with Gasteiger partial charge in [-0.15, -0.1) is 0 Å². The molecule has 1 unspecified atom stereocenters. The van der Waals surface area contributed by atoms with Gasteiger partial charge in [0.15, 0.2) is 0 Å². The van der Waals surface area contributed by atoms with Crippen molar-refractivity contribution in [1.82, 2.24) is 0 Å². The Morgan fingerprint density at radius 3 is 2.56 bits per heavy atom. The highest BCUT2D eigenvalue weighted by Crippen LogP contribution is 2.40. The molecule has 0 spiro atoms. The maximum Gasteiger partial charge on any atom is 0.223 e. The summed E-state index contributed by atoms with van der Waals surface area (Å²) in [6.45, 7) is 8.59. The van der Waals surface area contributed by atoms with Crippen LogP contribution in [0.5, 0.6) is 11.5 Å². The number of nitrogens with zero attached hydrogens (tertiary/aromatic N) is 1. The number of ether oxygens (including phenoxy) is 1. The van der Waals surface area contributed by atoms with Crippen molar-refractivity contribution in [3.8, 4) is 11.5 Å². The summed E-state index contributed by atoms with van der Waals surface area (Å²) in [6.07, 6.45) is 2.04. The van der Waals surface area contributed by atoms with Crippen molar-refractivity contribution in [3.05, 3.63) is 53.1 Å². The Hall–Kier alpha value is -2.00. The van der Waals surface area contributed by atoms with Gasteiger partial charge >= 0.3 is 0 Å². The molecule has 0 bridgehead atoms. The molecule has 4 heteroatoms. The van der Waals surface area contributed by atoms with Gasteiger partial charge in [-0.3, -0.25) is 4.79 Å². The van der Waals surface area contributed by atoms with Gasteiger partial charge in [0, 0.05) is 24.2 Å². The van der Waals surface area contributed by atoms with Crippen LogP contribution in [0.1, 0.15) is 52.0 Å². The molecule has 1 heterocycles. The Kier molecular flexibility index (Phi) is 6.89. The number of hydrogen-bond acceptors (Lipinski definition) is 2.